The zero-order valence-corrected chi connectivity index (χ0v) is 17.2. The van der Waals surface area contributed by atoms with Gasteiger partial charge >= 0.3 is 0 Å². The lowest BCUT2D eigenvalue weighted by Crippen LogP contribution is -2.38. The van der Waals surface area contributed by atoms with Gasteiger partial charge in [0, 0.05) is 18.0 Å². The van der Waals surface area contributed by atoms with Crippen molar-refractivity contribution in [1.82, 2.24) is 15.6 Å². The van der Waals surface area contributed by atoms with Gasteiger partial charge in [-0.05, 0) is 25.1 Å². The molecule has 0 aliphatic carbocycles. The highest BCUT2D eigenvalue weighted by Crippen LogP contribution is 2.29. The number of guanidine groups is 1. The molecule has 0 aliphatic heterocycles. The standard InChI is InChI=1S/C20H30N4O3/c1-13(15-10-14(25-6)8-9-16(15)26-7)24-19(21-5)23-12-18-22-11-17(27-18)20(2,3)4/h8-11,13H,12H2,1-7H3,(H2,21,23,24). The molecule has 0 bridgehead atoms. The van der Waals surface area contributed by atoms with E-state index in [0.717, 1.165) is 22.8 Å². The number of ether oxygens (including phenoxy) is 2. The van der Waals surface area contributed by atoms with E-state index in [4.69, 9.17) is 13.9 Å². The third kappa shape index (κ3) is 5.39. The lowest BCUT2D eigenvalue weighted by atomic mass is 9.94. The molecule has 0 amide bonds. The number of rotatable bonds is 6. The first-order valence-electron chi connectivity index (χ1n) is 8.92. The maximum Gasteiger partial charge on any atom is 0.213 e. The maximum absolute atomic E-state index is 5.81. The minimum atomic E-state index is -0.0669. The first-order valence-corrected chi connectivity index (χ1v) is 8.92. The number of oxazole rings is 1. The van der Waals surface area contributed by atoms with Crippen LogP contribution in [0.25, 0.3) is 0 Å². The highest BCUT2D eigenvalue weighted by molar-refractivity contribution is 5.80. The van der Waals surface area contributed by atoms with Gasteiger partial charge in [-0.1, -0.05) is 20.8 Å². The summed E-state index contributed by atoms with van der Waals surface area (Å²) < 4.78 is 16.6. The predicted octanol–water partition coefficient (Wildman–Crippen LogP) is 3.42. The average Bonchev–Trinajstić information content (AvgIpc) is 3.13. The van der Waals surface area contributed by atoms with Crippen LogP contribution in [0.2, 0.25) is 0 Å². The van der Waals surface area contributed by atoms with Crippen molar-refractivity contribution in [2.24, 2.45) is 4.99 Å². The Hall–Kier alpha value is -2.70. The van der Waals surface area contributed by atoms with Crippen molar-refractivity contribution >= 4 is 5.96 Å². The van der Waals surface area contributed by atoms with E-state index in [0.29, 0.717) is 18.4 Å². The number of benzene rings is 1. The van der Waals surface area contributed by atoms with Gasteiger partial charge in [0.15, 0.2) is 5.96 Å². The molecular weight excluding hydrogens is 344 g/mol. The molecule has 148 valence electrons. The summed E-state index contributed by atoms with van der Waals surface area (Å²) in [6.45, 7) is 8.75. The topological polar surface area (TPSA) is 80.9 Å². The van der Waals surface area contributed by atoms with Gasteiger partial charge in [-0.25, -0.2) is 4.98 Å². The van der Waals surface area contributed by atoms with Gasteiger partial charge in [0.25, 0.3) is 0 Å². The van der Waals surface area contributed by atoms with E-state index >= 15 is 0 Å². The van der Waals surface area contributed by atoms with Crippen molar-refractivity contribution in [3.63, 3.8) is 0 Å². The maximum atomic E-state index is 5.81. The third-order valence-electron chi connectivity index (χ3n) is 4.18. The number of hydrogen-bond donors (Lipinski definition) is 2. The van der Waals surface area contributed by atoms with Crippen LogP contribution < -0.4 is 20.1 Å². The molecule has 1 heterocycles. The zero-order valence-electron chi connectivity index (χ0n) is 17.2. The number of aromatic nitrogens is 1. The molecule has 7 heteroatoms. The molecule has 1 atom stereocenters. The van der Waals surface area contributed by atoms with Gasteiger partial charge in [0.2, 0.25) is 5.89 Å². The molecule has 2 N–H and O–H groups in total. The normalized spacial score (nSPS) is 13.2. The highest BCUT2D eigenvalue weighted by atomic mass is 16.5. The Balaban J connectivity index is 2.03. The first kappa shape index (κ1) is 20.6. The van der Waals surface area contributed by atoms with E-state index < -0.39 is 0 Å². The summed E-state index contributed by atoms with van der Waals surface area (Å²) in [5.41, 5.74) is 0.911. The molecule has 1 unspecified atom stereocenters. The highest BCUT2D eigenvalue weighted by Gasteiger charge is 2.19. The van der Waals surface area contributed by atoms with Gasteiger partial charge < -0.3 is 24.5 Å². The Bertz CT molecular complexity index is 778. The SMILES string of the molecule is CN=C(NCc1ncc(C(C)(C)C)o1)NC(C)c1cc(OC)ccc1OC. The number of aliphatic imine (C=N–C) groups is 1. The summed E-state index contributed by atoms with van der Waals surface area (Å²) in [4.78, 5) is 8.60. The summed E-state index contributed by atoms with van der Waals surface area (Å²) in [6.07, 6.45) is 1.77. The fraction of sp³-hybridized carbons (Fsp3) is 0.500. The lowest BCUT2D eigenvalue weighted by molar-refractivity contribution is 0.379. The fourth-order valence-electron chi connectivity index (χ4n) is 2.55. The van der Waals surface area contributed by atoms with Crippen LogP contribution in [0.5, 0.6) is 11.5 Å². The molecule has 0 saturated heterocycles. The van der Waals surface area contributed by atoms with E-state index in [9.17, 15) is 0 Å². The van der Waals surface area contributed by atoms with E-state index in [2.05, 4.69) is 41.4 Å². The summed E-state index contributed by atoms with van der Waals surface area (Å²) in [5, 5.41) is 6.58. The molecule has 27 heavy (non-hydrogen) atoms. The van der Waals surface area contributed by atoms with Crippen molar-refractivity contribution in [3.05, 3.63) is 41.6 Å². The predicted molar refractivity (Wildman–Crippen MR) is 106 cm³/mol. The molecule has 0 saturated carbocycles. The molecule has 7 nitrogen and oxygen atoms in total. The van der Waals surface area contributed by atoms with Crippen molar-refractivity contribution in [3.8, 4) is 11.5 Å². The summed E-state index contributed by atoms with van der Waals surface area (Å²) in [6, 6.07) is 5.67. The molecule has 2 rings (SSSR count). The van der Waals surface area contributed by atoms with E-state index in [1.165, 1.54) is 0 Å². The Labute approximate surface area is 161 Å². The summed E-state index contributed by atoms with van der Waals surface area (Å²) >= 11 is 0. The second-order valence-electron chi connectivity index (χ2n) is 7.27. The Morgan fingerprint density at radius 2 is 2.00 bits per heavy atom. The molecule has 2 aromatic rings. The largest absolute Gasteiger partial charge is 0.497 e. The van der Waals surface area contributed by atoms with Crippen molar-refractivity contribution in [2.45, 2.75) is 45.7 Å². The van der Waals surface area contributed by atoms with Crippen molar-refractivity contribution < 1.29 is 13.9 Å². The Kier molecular flexibility index (Phi) is 6.71. The van der Waals surface area contributed by atoms with E-state index in [1.807, 2.05) is 25.1 Å². The smallest absolute Gasteiger partial charge is 0.213 e. The average molecular weight is 374 g/mol. The van der Waals surface area contributed by atoms with E-state index in [-0.39, 0.29) is 11.5 Å². The zero-order chi connectivity index (χ0) is 20.0. The van der Waals surface area contributed by atoms with Gasteiger partial charge in [-0.15, -0.1) is 0 Å². The monoisotopic (exact) mass is 374 g/mol. The molecule has 1 aromatic carbocycles. The second kappa shape index (κ2) is 8.79. The molecule has 0 radical (unpaired) electrons. The minimum absolute atomic E-state index is 0.0454. The van der Waals surface area contributed by atoms with Crippen molar-refractivity contribution in [1.29, 1.82) is 0 Å². The fourth-order valence-corrected chi connectivity index (χ4v) is 2.55. The van der Waals surface area contributed by atoms with Crippen LogP contribution in [0.1, 0.15) is 51.0 Å². The molecule has 1 aromatic heterocycles. The minimum Gasteiger partial charge on any atom is -0.497 e. The van der Waals surface area contributed by atoms with Crippen LogP contribution in [-0.4, -0.2) is 32.2 Å². The van der Waals surface area contributed by atoms with Gasteiger partial charge in [0.05, 0.1) is 33.0 Å². The summed E-state index contributed by atoms with van der Waals surface area (Å²) in [7, 11) is 5.02. The summed E-state index contributed by atoms with van der Waals surface area (Å²) in [5.74, 6) is 3.68. The Morgan fingerprint density at radius 1 is 1.26 bits per heavy atom. The lowest BCUT2D eigenvalue weighted by Gasteiger charge is -2.20. The molecule has 0 aliphatic rings. The number of methoxy groups -OCH3 is 2. The van der Waals surface area contributed by atoms with Crippen LogP contribution >= 0.6 is 0 Å². The first-order chi connectivity index (χ1) is 12.8. The van der Waals surface area contributed by atoms with E-state index in [1.54, 1.807) is 27.5 Å². The molecular formula is C20H30N4O3. The van der Waals surface area contributed by atoms with Gasteiger partial charge in [-0.3, -0.25) is 4.99 Å². The number of nitrogens with one attached hydrogen (secondary N) is 2. The van der Waals surface area contributed by atoms with Crippen LogP contribution in [-0.2, 0) is 12.0 Å². The van der Waals surface area contributed by atoms with Crippen LogP contribution in [0.4, 0.5) is 0 Å². The Morgan fingerprint density at radius 3 is 2.56 bits per heavy atom. The quantitative estimate of drug-likeness (QED) is 0.596. The van der Waals surface area contributed by atoms with Gasteiger partial charge in [0.1, 0.15) is 17.3 Å². The third-order valence-corrected chi connectivity index (χ3v) is 4.18. The number of nitrogens with zero attached hydrogens (tertiary/aromatic N) is 2. The number of hydrogen-bond acceptors (Lipinski definition) is 5. The van der Waals surface area contributed by atoms with Crippen molar-refractivity contribution in [2.75, 3.05) is 21.3 Å². The van der Waals surface area contributed by atoms with Crippen LogP contribution in [0, 0.1) is 0 Å². The second-order valence-corrected chi connectivity index (χ2v) is 7.27. The molecule has 0 fully saturated rings. The van der Waals surface area contributed by atoms with Gasteiger partial charge in [-0.2, -0.15) is 0 Å². The molecule has 0 spiro atoms. The van der Waals surface area contributed by atoms with Crippen LogP contribution in [0.3, 0.4) is 0 Å². The van der Waals surface area contributed by atoms with Crippen LogP contribution in [0.15, 0.2) is 33.8 Å².